The van der Waals surface area contributed by atoms with Crippen molar-refractivity contribution >= 4 is 12.6 Å². The van der Waals surface area contributed by atoms with Gasteiger partial charge in [0.1, 0.15) is 12.0 Å². The van der Waals surface area contributed by atoms with Gasteiger partial charge in [-0.05, 0) is 18.2 Å². The third kappa shape index (κ3) is 2.46. The molecule has 0 atom stereocenters. The minimum absolute atomic E-state index is 0.0686. The fraction of sp³-hybridized carbons (Fsp3) is 0.0909. The summed E-state index contributed by atoms with van der Waals surface area (Å²) in [5.74, 6) is 5.23. The van der Waals surface area contributed by atoms with E-state index in [0.29, 0.717) is 18.1 Å². The maximum Gasteiger partial charge on any atom is 0.153 e. The lowest BCUT2D eigenvalue weighted by Crippen LogP contribution is -1.83. The lowest BCUT2D eigenvalue weighted by atomic mass is 10.1. The van der Waals surface area contributed by atoms with E-state index in [-0.39, 0.29) is 17.7 Å². The van der Waals surface area contributed by atoms with E-state index in [9.17, 15) is 14.7 Å². The van der Waals surface area contributed by atoms with Crippen LogP contribution < -0.4 is 0 Å². The third-order valence-corrected chi connectivity index (χ3v) is 1.57. The van der Waals surface area contributed by atoms with Crippen LogP contribution in [0.15, 0.2) is 18.2 Å². The second-order valence-corrected chi connectivity index (χ2v) is 2.56. The van der Waals surface area contributed by atoms with E-state index in [1.807, 2.05) is 0 Å². The highest BCUT2D eigenvalue weighted by atomic mass is 16.3. The Morgan fingerprint density at radius 3 is 2.79 bits per heavy atom. The molecule has 0 fully saturated rings. The Balaban J connectivity index is 2.96. The summed E-state index contributed by atoms with van der Waals surface area (Å²) >= 11 is 0. The second kappa shape index (κ2) is 4.83. The summed E-state index contributed by atoms with van der Waals surface area (Å²) in [6.07, 6.45) is 1.42. The average molecular weight is 188 g/mol. The lowest BCUT2D eigenvalue weighted by Gasteiger charge is -1.96. The topological polar surface area (TPSA) is 54.4 Å². The van der Waals surface area contributed by atoms with Gasteiger partial charge in [-0.25, -0.2) is 0 Å². The van der Waals surface area contributed by atoms with Crippen LogP contribution in [0.25, 0.3) is 0 Å². The molecule has 1 aromatic carbocycles. The van der Waals surface area contributed by atoms with Crippen LogP contribution in [-0.4, -0.2) is 17.7 Å². The van der Waals surface area contributed by atoms with Gasteiger partial charge in [0.25, 0.3) is 0 Å². The molecule has 1 rings (SSSR count). The number of aldehydes is 2. The highest BCUT2D eigenvalue weighted by Crippen LogP contribution is 2.15. The largest absolute Gasteiger partial charge is 0.507 e. The molecule has 0 aliphatic heterocycles. The molecule has 0 amide bonds. The normalized spacial score (nSPS) is 8.57. The number of phenols is 1. The fourth-order valence-corrected chi connectivity index (χ4v) is 0.921. The standard InChI is InChI=1S/C11H8O3/c12-6-2-1-3-9-4-5-11(14)10(7-9)8-13/h4-8,14H,2H2. The number of carbonyl (C=O) groups excluding carboxylic acids is 2. The average Bonchev–Trinajstić information content (AvgIpc) is 2.21. The molecule has 0 aliphatic rings. The number of aromatic hydroxyl groups is 1. The zero-order valence-corrected chi connectivity index (χ0v) is 7.36. The Morgan fingerprint density at radius 2 is 2.14 bits per heavy atom. The molecule has 0 heterocycles. The molecule has 70 valence electrons. The number of phenolic OH excluding ortho intramolecular Hbond substituents is 1. The van der Waals surface area contributed by atoms with Crippen molar-refractivity contribution in [2.45, 2.75) is 6.42 Å². The number of rotatable bonds is 2. The Hall–Kier alpha value is -2.08. The molecule has 0 aromatic heterocycles. The first kappa shape index (κ1) is 10.0. The summed E-state index contributed by atoms with van der Waals surface area (Å²) < 4.78 is 0. The predicted octanol–water partition coefficient (Wildman–Crippen LogP) is 1.15. The van der Waals surface area contributed by atoms with Crippen molar-refractivity contribution in [1.82, 2.24) is 0 Å². The molecular weight excluding hydrogens is 180 g/mol. The van der Waals surface area contributed by atoms with Crippen LogP contribution in [0.4, 0.5) is 0 Å². The van der Waals surface area contributed by atoms with Crippen molar-refractivity contribution in [3.8, 4) is 17.6 Å². The van der Waals surface area contributed by atoms with Crippen molar-refractivity contribution in [3.63, 3.8) is 0 Å². The van der Waals surface area contributed by atoms with Crippen molar-refractivity contribution in [1.29, 1.82) is 0 Å². The van der Waals surface area contributed by atoms with Gasteiger partial charge in [0.15, 0.2) is 6.29 Å². The maximum atomic E-state index is 10.4. The van der Waals surface area contributed by atoms with Crippen LogP contribution in [0, 0.1) is 11.8 Å². The summed E-state index contributed by atoms with van der Waals surface area (Å²) in [5, 5.41) is 9.17. The van der Waals surface area contributed by atoms with Gasteiger partial charge >= 0.3 is 0 Å². The summed E-state index contributed by atoms with van der Waals surface area (Å²) in [5.41, 5.74) is 0.801. The monoisotopic (exact) mass is 188 g/mol. The smallest absolute Gasteiger partial charge is 0.153 e. The molecule has 14 heavy (non-hydrogen) atoms. The van der Waals surface area contributed by atoms with Crippen LogP contribution in [0.5, 0.6) is 5.75 Å². The van der Waals surface area contributed by atoms with E-state index in [1.165, 1.54) is 12.1 Å². The molecule has 0 spiro atoms. The predicted molar refractivity (Wildman–Crippen MR) is 51.1 cm³/mol. The van der Waals surface area contributed by atoms with Crippen LogP contribution in [0.2, 0.25) is 0 Å². The molecule has 3 nitrogen and oxygen atoms in total. The van der Waals surface area contributed by atoms with Gasteiger partial charge in [0.05, 0.1) is 12.0 Å². The van der Waals surface area contributed by atoms with E-state index in [2.05, 4.69) is 11.8 Å². The molecule has 0 radical (unpaired) electrons. The zero-order valence-electron chi connectivity index (χ0n) is 7.36. The molecule has 3 heteroatoms. The van der Waals surface area contributed by atoms with Gasteiger partial charge in [-0.3, -0.25) is 4.79 Å². The van der Waals surface area contributed by atoms with Gasteiger partial charge in [-0.1, -0.05) is 11.8 Å². The minimum Gasteiger partial charge on any atom is -0.507 e. The summed E-state index contributed by atoms with van der Waals surface area (Å²) in [6, 6.07) is 4.45. The summed E-state index contributed by atoms with van der Waals surface area (Å²) in [6.45, 7) is 0. The van der Waals surface area contributed by atoms with Crippen molar-refractivity contribution in [2.75, 3.05) is 0 Å². The van der Waals surface area contributed by atoms with Crippen LogP contribution >= 0.6 is 0 Å². The number of carbonyl (C=O) groups is 2. The van der Waals surface area contributed by atoms with Crippen molar-refractivity contribution in [3.05, 3.63) is 29.3 Å². The summed E-state index contributed by atoms with van der Waals surface area (Å²) in [4.78, 5) is 20.4. The van der Waals surface area contributed by atoms with Gasteiger partial charge in [-0.15, -0.1) is 0 Å². The highest BCUT2D eigenvalue weighted by molar-refractivity contribution is 5.79. The van der Waals surface area contributed by atoms with Crippen molar-refractivity contribution in [2.24, 2.45) is 0 Å². The Labute approximate surface area is 81.4 Å². The number of hydrogen-bond donors (Lipinski definition) is 1. The molecule has 0 unspecified atom stereocenters. The van der Waals surface area contributed by atoms with Gasteiger partial charge in [-0.2, -0.15) is 0 Å². The van der Waals surface area contributed by atoms with Gasteiger partial charge in [0, 0.05) is 5.56 Å². The fourth-order valence-electron chi connectivity index (χ4n) is 0.921. The molecular formula is C11H8O3. The van der Waals surface area contributed by atoms with E-state index in [1.54, 1.807) is 6.07 Å². The van der Waals surface area contributed by atoms with Gasteiger partial charge in [0.2, 0.25) is 0 Å². The van der Waals surface area contributed by atoms with E-state index >= 15 is 0 Å². The summed E-state index contributed by atoms with van der Waals surface area (Å²) in [7, 11) is 0. The number of benzene rings is 1. The maximum absolute atomic E-state index is 10.4. The van der Waals surface area contributed by atoms with Crippen LogP contribution in [0.1, 0.15) is 22.3 Å². The van der Waals surface area contributed by atoms with E-state index in [0.717, 1.165) is 0 Å². The van der Waals surface area contributed by atoms with Crippen LogP contribution in [-0.2, 0) is 4.79 Å². The SMILES string of the molecule is O=CCC#Cc1ccc(O)c(C=O)c1. The van der Waals surface area contributed by atoms with Gasteiger partial charge < -0.3 is 9.90 Å². The highest BCUT2D eigenvalue weighted by Gasteiger charge is 1.98. The molecule has 0 aliphatic carbocycles. The molecule has 1 aromatic rings. The van der Waals surface area contributed by atoms with Crippen LogP contribution in [0.3, 0.4) is 0 Å². The minimum atomic E-state index is -0.0686. The van der Waals surface area contributed by atoms with Crippen molar-refractivity contribution < 1.29 is 14.7 Å². The molecule has 1 N–H and O–H groups in total. The molecule has 0 saturated heterocycles. The first-order chi connectivity index (χ1) is 6.77. The van der Waals surface area contributed by atoms with E-state index < -0.39 is 0 Å². The first-order valence-electron chi connectivity index (χ1n) is 3.98. The quantitative estimate of drug-likeness (QED) is 0.559. The van der Waals surface area contributed by atoms with E-state index in [4.69, 9.17) is 0 Å². The Bertz CT molecular complexity index is 410. The third-order valence-electron chi connectivity index (χ3n) is 1.57. The molecule has 0 saturated carbocycles. The zero-order chi connectivity index (χ0) is 10.4. The molecule has 0 bridgehead atoms. The Kier molecular flexibility index (Phi) is 3.45. The lowest BCUT2D eigenvalue weighted by molar-refractivity contribution is -0.107. The number of hydrogen-bond acceptors (Lipinski definition) is 3. The second-order valence-electron chi connectivity index (χ2n) is 2.56. The Morgan fingerprint density at radius 1 is 1.36 bits per heavy atom. The first-order valence-corrected chi connectivity index (χ1v) is 3.98.